The molecular weight excluding hydrogens is 182 g/mol. The highest BCUT2D eigenvalue weighted by Gasteiger charge is 2.15. The third-order valence-electron chi connectivity index (χ3n) is 2.60. The maximum atomic E-state index is 9.52. The zero-order valence-electron chi connectivity index (χ0n) is 8.70. The maximum absolute atomic E-state index is 9.52. The molecule has 1 fully saturated rings. The number of thioether (sulfide) groups is 1. The fourth-order valence-corrected chi connectivity index (χ4v) is 2.59. The van der Waals surface area contributed by atoms with E-state index in [0.29, 0.717) is 0 Å². The SMILES string of the molecule is CCC(O)CN1CCSC(C)CC1. The normalized spacial score (nSPS) is 28.4. The van der Waals surface area contributed by atoms with Crippen molar-refractivity contribution in [1.29, 1.82) is 0 Å². The monoisotopic (exact) mass is 203 g/mol. The first-order valence-electron chi connectivity index (χ1n) is 5.24. The van der Waals surface area contributed by atoms with Crippen molar-refractivity contribution in [2.45, 2.75) is 38.0 Å². The molecule has 0 amide bonds. The molecule has 2 atom stereocenters. The van der Waals surface area contributed by atoms with Gasteiger partial charge in [0.05, 0.1) is 6.10 Å². The number of aliphatic hydroxyl groups excluding tert-OH is 1. The quantitative estimate of drug-likeness (QED) is 0.753. The van der Waals surface area contributed by atoms with Gasteiger partial charge >= 0.3 is 0 Å². The first-order chi connectivity index (χ1) is 6.22. The highest BCUT2D eigenvalue weighted by molar-refractivity contribution is 7.99. The summed E-state index contributed by atoms with van der Waals surface area (Å²) in [4.78, 5) is 2.39. The average molecular weight is 203 g/mol. The Labute approximate surface area is 85.7 Å². The van der Waals surface area contributed by atoms with Crippen LogP contribution < -0.4 is 0 Å². The van der Waals surface area contributed by atoms with Crippen LogP contribution in [-0.4, -0.2) is 46.7 Å². The van der Waals surface area contributed by atoms with Crippen molar-refractivity contribution in [3.8, 4) is 0 Å². The number of nitrogens with zero attached hydrogens (tertiary/aromatic N) is 1. The number of aliphatic hydroxyl groups is 1. The van der Waals surface area contributed by atoms with Gasteiger partial charge in [0.15, 0.2) is 0 Å². The van der Waals surface area contributed by atoms with E-state index in [1.165, 1.54) is 12.2 Å². The van der Waals surface area contributed by atoms with Gasteiger partial charge in [0.2, 0.25) is 0 Å². The maximum Gasteiger partial charge on any atom is 0.0664 e. The minimum absolute atomic E-state index is 0.126. The molecule has 0 spiro atoms. The molecule has 3 heteroatoms. The molecule has 1 rings (SSSR count). The van der Waals surface area contributed by atoms with Crippen LogP contribution in [0.15, 0.2) is 0 Å². The number of hydrogen-bond donors (Lipinski definition) is 1. The van der Waals surface area contributed by atoms with Crippen LogP contribution in [0, 0.1) is 0 Å². The second kappa shape index (κ2) is 5.89. The van der Waals surface area contributed by atoms with Crippen LogP contribution in [0.1, 0.15) is 26.7 Å². The van der Waals surface area contributed by atoms with Crippen molar-refractivity contribution in [1.82, 2.24) is 4.90 Å². The standard InChI is InChI=1S/C10H21NOS/c1-3-10(12)8-11-5-4-9(2)13-7-6-11/h9-10,12H,3-8H2,1-2H3. The second-order valence-corrected chi connectivity index (χ2v) is 5.38. The Morgan fingerprint density at radius 3 is 3.00 bits per heavy atom. The minimum atomic E-state index is -0.126. The predicted octanol–water partition coefficient (Wildman–Crippen LogP) is 1.58. The van der Waals surface area contributed by atoms with E-state index in [-0.39, 0.29) is 6.10 Å². The van der Waals surface area contributed by atoms with Crippen LogP contribution in [0.5, 0.6) is 0 Å². The first-order valence-corrected chi connectivity index (χ1v) is 6.29. The van der Waals surface area contributed by atoms with Crippen LogP contribution >= 0.6 is 11.8 Å². The van der Waals surface area contributed by atoms with Gasteiger partial charge in [-0.3, -0.25) is 4.90 Å². The van der Waals surface area contributed by atoms with Gasteiger partial charge in [-0.2, -0.15) is 11.8 Å². The smallest absolute Gasteiger partial charge is 0.0664 e. The lowest BCUT2D eigenvalue weighted by atomic mass is 10.2. The van der Waals surface area contributed by atoms with Gasteiger partial charge in [0.25, 0.3) is 0 Å². The molecule has 13 heavy (non-hydrogen) atoms. The number of β-amino-alcohol motifs (C(OH)–C–C–N with tert-alkyl or cyclic N) is 1. The molecule has 0 radical (unpaired) electrons. The third-order valence-corrected chi connectivity index (χ3v) is 3.82. The lowest BCUT2D eigenvalue weighted by Gasteiger charge is -2.22. The van der Waals surface area contributed by atoms with Crippen molar-refractivity contribution < 1.29 is 5.11 Å². The minimum Gasteiger partial charge on any atom is -0.392 e. The third kappa shape index (κ3) is 4.34. The van der Waals surface area contributed by atoms with E-state index in [0.717, 1.165) is 31.3 Å². The molecule has 0 bridgehead atoms. The Kier molecular flexibility index (Phi) is 5.14. The topological polar surface area (TPSA) is 23.5 Å². The zero-order valence-corrected chi connectivity index (χ0v) is 9.52. The van der Waals surface area contributed by atoms with Crippen molar-refractivity contribution >= 4 is 11.8 Å². The summed E-state index contributed by atoms with van der Waals surface area (Å²) in [5.74, 6) is 1.22. The fourth-order valence-electron chi connectivity index (χ4n) is 1.55. The van der Waals surface area contributed by atoms with E-state index >= 15 is 0 Å². The van der Waals surface area contributed by atoms with Gasteiger partial charge < -0.3 is 5.11 Å². The van der Waals surface area contributed by atoms with Gasteiger partial charge in [-0.25, -0.2) is 0 Å². The summed E-state index contributed by atoms with van der Waals surface area (Å²) in [6.45, 7) is 7.51. The summed E-state index contributed by atoms with van der Waals surface area (Å²) in [5.41, 5.74) is 0. The van der Waals surface area contributed by atoms with Gasteiger partial charge in [-0.05, 0) is 19.4 Å². The summed E-state index contributed by atoms with van der Waals surface area (Å²) in [5, 5.41) is 10.3. The fraction of sp³-hybridized carbons (Fsp3) is 1.00. The van der Waals surface area contributed by atoms with Gasteiger partial charge in [0, 0.05) is 24.1 Å². The molecule has 1 N–H and O–H groups in total. The lowest BCUT2D eigenvalue weighted by Crippen LogP contribution is -2.33. The van der Waals surface area contributed by atoms with E-state index < -0.39 is 0 Å². The molecule has 0 saturated carbocycles. The first kappa shape index (κ1) is 11.3. The summed E-state index contributed by atoms with van der Waals surface area (Å²) >= 11 is 2.05. The summed E-state index contributed by atoms with van der Waals surface area (Å²) in [6.07, 6.45) is 2.01. The Balaban J connectivity index is 2.25. The van der Waals surface area contributed by atoms with Crippen molar-refractivity contribution in [3.05, 3.63) is 0 Å². The molecule has 2 nitrogen and oxygen atoms in total. The van der Waals surface area contributed by atoms with E-state index in [1.54, 1.807) is 0 Å². The van der Waals surface area contributed by atoms with Crippen LogP contribution in [0.3, 0.4) is 0 Å². The zero-order chi connectivity index (χ0) is 9.68. The van der Waals surface area contributed by atoms with E-state index in [4.69, 9.17) is 0 Å². The van der Waals surface area contributed by atoms with Crippen molar-refractivity contribution in [2.75, 3.05) is 25.4 Å². The summed E-state index contributed by atoms with van der Waals surface area (Å²) < 4.78 is 0. The highest BCUT2D eigenvalue weighted by atomic mass is 32.2. The summed E-state index contributed by atoms with van der Waals surface area (Å²) in [7, 11) is 0. The molecule has 0 aromatic heterocycles. The molecule has 1 aliphatic rings. The Morgan fingerprint density at radius 1 is 1.54 bits per heavy atom. The molecule has 1 saturated heterocycles. The predicted molar refractivity (Wildman–Crippen MR) is 59.3 cm³/mol. The van der Waals surface area contributed by atoms with Crippen LogP contribution in [-0.2, 0) is 0 Å². The molecular formula is C10H21NOS. The number of rotatable bonds is 3. The molecule has 1 heterocycles. The lowest BCUT2D eigenvalue weighted by molar-refractivity contribution is 0.113. The van der Waals surface area contributed by atoms with Crippen LogP contribution in [0.25, 0.3) is 0 Å². The van der Waals surface area contributed by atoms with E-state index in [9.17, 15) is 5.11 Å². The molecule has 0 aliphatic carbocycles. The van der Waals surface area contributed by atoms with Crippen LogP contribution in [0.4, 0.5) is 0 Å². The second-order valence-electron chi connectivity index (χ2n) is 3.83. The summed E-state index contributed by atoms with van der Waals surface area (Å²) in [6, 6.07) is 0. The average Bonchev–Trinajstić information content (AvgIpc) is 2.31. The molecule has 0 aromatic carbocycles. The van der Waals surface area contributed by atoms with E-state index in [1.807, 2.05) is 6.92 Å². The molecule has 1 aliphatic heterocycles. The van der Waals surface area contributed by atoms with Crippen molar-refractivity contribution in [2.24, 2.45) is 0 Å². The van der Waals surface area contributed by atoms with E-state index in [2.05, 4.69) is 23.6 Å². The van der Waals surface area contributed by atoms with Gasteiger partial charge in [-0.1, -0.05) is 13.8 Å². The van der Waals surface area contributed by atoms with Crippen molar-refractivity contribution in [3.63, 3.8) is 0 Å². The number of hydrogen-bond acceptors (Lipinski definition) is 3. The highest BCUT2D eigenvalue weighted by Crippen LogP contribution is 2.18. The molecule has 2 unspecified atom stereocenters. The Hall–Kier alpha value is 0.270. The Morgan fingerprint density at radius 2 is 2.31 bits per heavy atom. The van der Waals surface area contributed by atoms with Gasteiger partial charge in [0.1, 0.15) is 0 Å². The van der Waals surface area contributed by atoms with Gasteiger partial charge in [-0.15, -0.1) is 0 Å². The molecule has 78 valence electrons. The Bertz CT molecular complexity index is 143. The van der Waals surface area contributed by atoms with Crippen LogP contribution in [0.2, 0.25) is 0 Å². The molecule has 0 aromatic rings. The largest absolute Gasteiger partial charge is 0.392 e.